The average molecular weight is 257 g/mol. The van der Waals surface area contributed by atoms with Gasteiger partial charge < -0.3 is 5.73 Å². The minimum absolute atomic E-state index is 0.154. The van der Waals surface area contributed by atoms with Crippen LogP contribution in [-0.4, -0.2) is 6.04 Å². The minimum atomic E-state index is 0.154. The molecule has 0 aliphatic carbocycles. The van der Waals surface area contributed by atoms with Crippen LogP contribution in [0.4, 0.5) is 0 Å². The van der Waals surface area contributed by atoms with Crippen LogP contribution in [-0.2, 0) is 5.75 Å². The Bertz CT molecular complexity index is 453. The lowest BCUT2D eigenvalue weighted by Crippen LogP contribution is -2.22. The van der Waals surface area contributed by atoms with Crippen LogP contribution < -0.4 is 5.73 Å². The van der Waals surface area contributed by atoms with Gasteiger partial charge in [-0.2, -0.15) is 0 Å². The van der Waals surface area contributed by atoms with Crippen LogP contribution in [0.2, 0.25) is 0 Å². The second-order valence-corrected chi connectivity index (χ2v) is 5.62. The molecule has 0 unspecified atom stereocenters. The smallest absolute Gasteiger partial charge is 0.0448 e. The summed E-state index contributed by atoms with van der Waals surface area (Å²) in [6, 6.07) is 21.2. The molecule has 1 nitrogen and oxygen atoms in total. The third-order valence-electron chi connectivity index (χ3n) is 2.88. The molecule has 0 aromatic heterocycles. The Balaban J connectivity index is 2.04. The highest BCUT2D eigenvalue weighted by Gasteiger charge is 2.16. The molecule has 0 radical (unpaired) electrons. The van der Waals surface area contributed by atoms with E-state index in [1.54, 1.807) is 0 Å². The molecule has 2 aromatic rings. The maximum atomic E-state index is 6.11. The van der Waals surface area contributed by atoms with E-state index in [-0.39, 0.29) is 6.04 Å². The maximum absolute atomic E-state index is 6.11. The van der Waals surface area contributed by atoms with Gasteiger partial charge in [0.1, 0.15) is 0 Å². The Morgan fingerprint density at radius 1 is 0.944 bits per heavy atom. The molecule has 2 N–H and O–H groups in total. The van der Waals surface area contributed by atoms with E-state index in [9.17, 15) is 0 Å². The second kappa shape index (κ2) is 6.62. The van der Waals surface area contributed by atoms with Crippen molar-refractivity contribution in [1.29, 1.82) is 0 Å². The van der Waals surface area contributed by atoms with Crippen molar-refractivity contribution in [2.24, 2.45) is 5.73 Å². The third-order valence-corrected chi connectivity index (χ3v) is 4.44. The molecule has 0 amide bonds. The third kappa shape index (κ3) is 3.62. The van der Waals surface area contributed by atoms with Gasteiger partial charge in [0.25, 0.3) is 0 Å². The van der Waals surface area contributed by atoms with Crippen molar-refractivity contribution in [2.75, 3.05) is 0 Å². The first-order valence-corrected chi connectivity index (χ1v) is 7.28. The summed E-state index contributed by atoms with van der Waals surface area (Å²) < 4.78 is 0. The summed E-state index contributed by atoms with van der Waals surface area (Å²) in [7, 11) is 0. The zero-order valence-corrected chi connectivity index (χ0v) is 11.4. The van der Waals surface area contributed by atoms with E-state index in [1.807, 2.05) is 17.8 Å². The fraction of sp³-hybridized carbons (Fsp3) is 0.250. The largest absolute Gasteiger partial charge is 0.327 e. The molecule has 0 aliphatic heterocycles. The predicted molar refractivity (Wildman–Crippen MR) is 80.6 cm³/mol. The van der Waals surface area contributed by atoms with Crippen LogP contribution in [0.3, 0.4) is 0 Å². The minimum Gasteiger partial charge on any atom is -0.327 e. The Labute approximate surface area is 113 Å². The summed E-state index contributed by atoms with van der Waals surface area (Å²) in [6.07, 6.45) is 0. The topological polar surface area (TPSA) is 26.0 Å². The molecule has 0 aliphatic rings. The molecular formula is C16H19NS. The molecule has 0 saturated heterocycles. The molecule has 0 heterocycles. The van der Waals surface area contributed by atoms with Gasteiger partial charge in [0, 0.05) is 17.0 Å². The van der Waals surface area contributed by atoms with Crippen molar-refractivity contribution in [3.05, 3.63) is 71.8 Å². The molecule has 18 heavy (non-hydrogen) atoms. The quantitative estimate of drug-likeness (QED) is 0.876. The van der Waals surface area contributed by atoms with Crippen molar-refractivity contribution in [3.8, 4) is 0 Å². The van der Waals surface area contributed by atoms with Crippen molar-refractivity contribution in [1.82, 2.24) is 0 Å². The van der Waals surface area contributed by atoms with Gasteiger partial charge in [-0.05, 0) is 18.1 Å². The van der Waals surface area contributed by atoms with Crippen LogP contribution >= 0.6 is 11.8 Å². The van der Waals surface area contributed by atoms with Gasteiger partial charge in [-0.25, -0.2) is 0 Å². The van der Waals surface area contributed by atoms with E-state index in [0.29, 0.717) is 5.25 Å². The number of thioether (sulfide) groups is 1. The maximum Gasteiger partial charge on any atom is 0.0448 e. The van der Waals surface area contributed by atoms with Gasteiger partial charge in [-0.15, -0.1) is 11.8 Å². The van der Waals surface area contributed by atoms with Gasteiger partial charge in [0.15, 0.2) is 0 Å². The zero-order valence-electron chi connectivity index (χ0n) is 10.6. The molecule has 94 valence electrons. The molecule has 0 spiro atoms. The van der Waals surface area contributed by atoms with Crippen LogP contribution in [0.15, 0.2) is 60.7 Å². The molecule has 2 rings (SSSR count). The number of nitrogens with two attached hydrogens (primary N) is 1. The monoisotopic (exact) mass is 257 g/mol. The summed E-state index contributed by atoms with van der Waals surface area (Å²) in [5.41, 5.74) is 8.78. The molecule has 2 atom stereocenters. The highest BCUT2D eigenvalue weighted by Crippen LogP contribution is 2.33. The normalized spacial score (nSPS) is 14.1. The Kier molecular flexibility index (Phi) is 4.85. The fourth-order valence-corrected chi connectivity index (χ4v) is 3.17. The average Bonchev–Trinajstić information content (AvgIpc) is 2.41. The van der Waals surface area contributed by atoms with Gasteiger partial charge in [0.2, 0.25) is 0 Å². The van der Waals surface area contributed by atoms with E-state index in [0.717, 1.165) is 5.75 Å². The lowest BCUT2D eigenvalue weighted by molar-refractivity contribution is 0.721. The molecule has 0 bridgehead atoms. The lowest BCUT2D eigenvalue weighted by Gasteiger charge is -2.20. The predicted octanol–water partition coefficient (Wildman–Crippen LogP) is 4.01. The van der Waals surface area contributed by atoms with Crippen molar-refractivity contribution in [3.63, 3.8) is 0 Å². The Morgan fingerprint density at radius 2 is 1.50 bits per heavy atom. The second-order valence-electron chi connectivity index (χ2n) is 4.49. The van der Waals surface area contributed by atoms with E-state index in [1.165, 1.54) is 11.1 Å². The van der Waals surface area contributed by atoms with E-state index in [2.05, 4.69) is 61.5 Å². The molecular weight excluding hydrogens is 238 g/mol. The summed E-state index contributed by atoms with van der Waals surface area (Å²) in [4.78, 5) is 0. The van der Waals surface area contributed by atoms with Crippen molar-refractivity contribution in [2.45, 2.75) is 24.0 Å². The van der Waals surface area contributed by atoms with Gasteiger partial charge in [-0.1, -0.05) is 60.7 Å². The van der Waals surface area contributed by atoms with E-state index in [4.69, 9.17) is 5.73 Å². The number of benzene rings is 2. The number of hydrogen-bond acceptors (Lipinski definition) is 2. The summed E-state index contributed by atoms with van der Waals surface area (Å²) >= 11 is 1.91. The van der Waals surface area contributed by atoms with Gasteiger partial charge in [0.05, 0.1) is 0 Å². The first kappa shape index (κ1) is 13.2. The Hall–Kier alpha value is -1.25. The summed E-state index contributed by atoms with van der Waals surface area (Å²) in [6.45, 7) is 2.08. The SMILES string of the molecule is C[C@H](N)[C@H](SCc1ccccc1)c1ccccc1. The van der Waals surface area contributed by atoms with Gasteiger partial charge in [-0.3, -0.25) is 0 Å². The highest BCUT2D eigenvalue weighted by atomic mass is 32.2. The molecule has 0 saturated carbocycles. The van der Waals surface area contributed by atoms with E-state index >= 15 is 0 Å². The van der Waals surface area contributed by atoms with Crippen LogP contribution in [0, 0.1) is 0 Å². The zero-order chi connectivity index (χ0) is 12.8. The summed E-state index contributed by atoms with van der Waals surface area (Å²) in [5, 5.41) is 0.353. The standard InChI is InChI=1S/C16H19NS/c1-13(17)16(15-10-6-3-7-11-15)18-12-14-8-4-2-5-9-14/h2-11,13,16H,12,17H2,1H3/t13-,16-/m0/s1. The highest BCUT2D eigenvalue weighted by molar-refractivity contribution is 7.98. The van der Waals surface area contributed by atoms with Crippen molar-refractivity contribution >= 4 is 11.8 Å². The number of hydrogen-bond donors (Lipinski definition) is 1. The van der Waals surface area contributed by atoms with E-state index < -0.39 is 0 Å². The van der Waals surface area contributed by atoms with Crippen molar-refractivity contribution < 1.29 is 0 Å². The molecule has 2 heteroatoms. The first-order chi connectivity index (χ1) is 8.77. The van der Waals surface area contributed by atoms with Crippen LogP contribution in [0.1, 0.15) is 23.3 Å². The van der Waals surface area contributed by atoms with Gasteiger partial charge >= 0.3 is 0 Å². The number of rotatable bonds is 5. The summed E-state index contributed by atoms with van der Waals surface area (Å²) in [5.74, 6) is 1.00. The first-order valence-electron chi connectivity index (χ1n) is 6.23. The molecule has 0 fully saturated rings. The fourth-order valence-electron chi connectivity index (χ4n) is 1.95. The lowest BCUT2D eigenvalue weighted by atomic mass is 10.1. The van der Waals surface area contributed by atoms with Crippen LogP contribution in [0.5, 0.6) is 0 Å². The Morgan fingerprint density at radius 3 is 2.06 bits per heavy atom. The van der Waals surface area contributed by atoms with Crippen LogP contribution in [0.25, 0.3) is 0 Å². The molecule has 2 aromatic carbocycles.